The summed E-state index contributed by atoms with van der Waals surface area (Å²) < 4.78 is 14.5. The molecule has 0 aliphatic heterocycles. The van der Waals surface area contributed by atoms with Crippen molar-refractivity contribution in [1.29, 1.82) is 0 Å². The normalized spacial score (nSPS) is 12.0. The van der Waals surface area contributed by atoms with Gasteiger partial charge in [0.15, 0.2) is 0 Å². The molecule has 7 nitrogen and oxygen atoms in total. The highest BCUT2D eigenvalue weighted by Gasteiger charge is 2.24. The van der Waals surface area contributed by atoms with Gasteiger partial charge in [-0.15, -0.1) is 0 Å². The average Bonchev–Trinajstić information content (AvgIpc) is 1.58. The molecule has 0 aliphatic rings. The van der Waals surface area contributed by atoms with E-state index in [1.165, 1.54) is 109 Å². The van der Waals surface area contributed by atoms with Crippen molar-refractivity contribution in [1.82, 2.24) is 32.4 Å². The molecule has 26 rings (SSSR count). The molecule has 7 heteroatoms. The maximum Gasteiger partial charge on any atom is 0.0716 e. The Morgan fingerprint density at radius 1 is 0.111 bits per heavy atom. The number of pyridine rings is 1. The molecule has 0 amide bonds. The first-order valence-corrected chi connectivity index (χ1v) is 43.3. The molecule has 0 saturated carbocycles. The predicted octanol–water partition coefficient (Wildman–Crippen LogP) is 31.3. The fraction of sp³-hybridized carbons (Fsp3) is 0. The Morgan fingerprint density at radius 3 is 0.556 bits per heavy atom. The molecule has 19 aromatic carbocycles. The van der Waals surface area contributed by atoms with E-state index in [1.807, 2.05) is 0 Å². The minimum atomic E-state index is 0.875. The first-order valence-electron chi connectivity index (χ1n) is 43.3. The van der Waals surface area contributed by atoms with Crippen molar-refractivity contribution >= 4 is 131 Å². The lowest BCUT2D eigenvalue weighted by molar-refractivity contribution is 1.17. The maximum atomic E-state index is 5.79. The summed E-state index contributed by atoms with van der Waals surface area (Å²) in [4.78, 5) is 5.79. The van der Waals surface area contributed by atoms with Crippen LogP contribution in [0.15, 0.2) is 455 Å². The standard InChI is InChI=1S/C119H75N7/c1-6-26-76(27-7-1)87-74-106(85-28-24-38-92(64-85)125-116-60-52-81(77-48-56-112-98(66-77)94-40-16-20-44-108(94)121(112)88-30-8-2-9-31-88)70-102(116)103-71-82(53-61-117(103)125)78-49-57-113-99(67-78)95-41-17-21-45-109(95)122(113)89-32-10-3-11-33-89)120-107(75-87)86-29-25-39-93(65-86)126-118-62-54-83(79-50-58-114-100(68-79)96-42-18-22-46-110(96)123(114)90-34-12-4-13-35-90)72-104(118)105-73-84(55-63-119(105)126)80-51-59-115-101(69-80)97-43-19-23-47-111(97)124(115)91-36-14-5-15-37-91/h1-75H. The van der Waals surface area contributed by atoms with Crippen molar-refractivity contribution in [2.45, 2.75) is 0 Å². The van der Waals surface area contributed by atoms with Crippen LogP contribution >= 0.6 is 0 Å². The lowest BCUT2D eigenvalue weighted by atomic mass is 9.98. The lowest BCUT2D eigenvalue weighted by Gasteiger charge is -2.14. The average molecular weight is 1600 g/mol. The Hall–Kier alpha value is -16.9. The second-order valence-electron chi connectivity index (χ2n) is 33.4. The van der Waals surface area contributed by atoms with Crippen LogP contribution in [0.2, 0.25) is 0 Å². The van der Waals surface area contributed by atoms with Gasteiger partial charge in [0.25, 0.3) is 0 Å². The number of hydrogen-bond donors (Lipinski definition) is 0. The fourth-order valence-electron chi connectivity index (χ4n) is 20.6. The van der Waals surface area contributed by atoms with Crippen molar-refractivity contribution < 1.29 is 0 Å². The van der Waals surface area contributed by atoms with Gasteiger partial charge >= 0.3 is 0 Å². The van der Waals surface area contributed by atoms with E-state index in [9.17, 15) is 0 Å². The minimum absolute atomic E-state index is 0.875. The molecule has 586 valence electrons. The lowest BCUT2D eigenvalue weighted by Crippen LogP contribution is -1.97. The van der Waals surface area contributed by atoms with Gasteiger partial charge in [0.1, 0.15) is 0 Å². The maximum absolute atomic E-state index is 5.79. The van der Waals surface area contributed by atoms with Crippen LogP contribution in [0.5, 0.6) is 0 Å². The van der Waals surface area contributed by atoms with Crippen LogP contribution in [0.25, 0.3) is 243 Å². The predicted molar refractivity (Wildman–Crippen MR) is 528 cm³/mol. The molecule has 126 heavy (non-hydrogen) atoms. The third-order valence-corrected chi connectivity index (χ3v) is 26.3. The van der Waals surface area contributed by atoms with Crippen LogP contribution in [0.1, 0.15) is 0 Å². The van der Waals surface area contributed by atoms with Crippen LogP contribution in [-0.2, 0) is 0 Å². The summed E-state index contributed by atoms with van der Waals surface area (Å²) in [6.07, 6.45) is 0. The van der Waals surface area contributed by atoms with Crippen LogP contribution in [0, 0.1) is 0 Å². The molecule has 26 aromatic rings. The smallest absolute Gasteiger partial charge is 0.0716 e. The molecule has 0 spiro atoms. The third kappa shape index (κ3) is 11.3. The number of hydrogen-bond acceptors (Lipinski definition) is 1. The monoisotopic (exact) mass is 1600 g/mol. The summed E-state index contributed by atoms with van der Waals surface area (Å²) >= 11 is 0. The second-order valence-corrected chi connectivity index (χ2v) is 33.4. The van der Waals surface area contributed by atoms with Gasteiger partial charge in [-0.05, 0) is 262 Å². The zero-order valence-electron chi connectivity index (χ0n) is 68.4. The van der Waals surface area contributed by atoms with E-state index in [0.29, 0.717) is 0 Å². The number of aromatic nitrogens is 7. The first kappa shape index (κ1) is 70.9. The van der Waals surface area contributed by atoms with Crippen LogP contribution in [-0.4, -0.2) is 32.4 Å². The van der Waals surface area contributed by atoms with E-state index in [0.717, 1.165) is 134 Å². The van der Waals surface area contributed by atoms with Gasteiger partial charge in [-0.2, -0.15) is 0 Å². The minimum Gasteiger partial charge on any atom is -0.309 e. The number of nitrogens with zero attached hydrogens (tertiary/aromatic N) is 7. The molecular weight excluding hydrogens is 1530 g/mol. The van der Waals surface area contributed by atoms with Gasteiger partial charge in [0.05, 0.1) is 77.6 Å². The molecule has 0 saturated heterocycles. The van der Waals surface area contributed by atoms with Crippen LogP contribution < -0.4 is 0 Å². The second kappa shape index (κ2) is 28.4. The molecule has 0 unspecified atom stereocenters. The highest BCUT2D eigenvalue weighted by Crippen LogP contribution is 2.47. The summed E-state index contributed by atoms with van der Waals surface area (Å²) in [7, 11) is 0. The summed E-state index contributed by atoms with van der Waals surface area (Å²) in [6, 6.07) is 168. The van der Waals surface area contributed by atoms with Crippen molar-refractivity contribution in [2.75, 3.05) is 0 Å². The van der Waals surface area contributed by atoms with Crippen LogP contribution in [0.4, 0.5) is 0 Å². The van der Waals surface area contributed by atoms with Gasteiger partial charge < -0.3 is 27.4 Å². The largest absolute Gasteiger partial charge is 0.309 e. The van der Waals surface area contributed by atoms with E-state index in [2.05, 4.69) is 482 Å². The topological polar surface area (TPSA) is 42.5 Å². The van der Waals surface area contributed by atoms with E-state index in [4.69, 9.17) is 4.98 Å². The van der Waals surface area contributed by atoms with E-state index < -0.39 is 0 Å². The van der Waals surface area contributed by atoms with Crippen molar-refractivity contribution in [2.24, 2.45) is 0 Å². The molecule has 0 atom stereocenters. The number of fused-ring (bicyclic) bond motifs is 18. The van der Waals surface area contributed by atoms with Gasteiger partial charge in [0.2, 0.25) is 0 Å². The highest BCUT2D eigenvalue weighted by molar-refractivity contribution is 6.18. The molecule has 7 aromatic heterocycles. The van der Waals surface area contributed by atoms with Crippen molar-refractivity contribution in [3.8, 4) is 112 Å². The fourth-order valence-corrected chi connectivity index (χ4v) is 20.6. The summed E-state index contributed by atoms with van der Waals surface area (Å²) in [5.41, 5.74) is 35.8. The Bertz CT molecular complexity index is 8020. The third-order valence-electron chi connectivity index (χ3n) is 26.3. The van der Waals surface area contributed by atoms with E-state index >= 15 is 0 Å². The van der Waals surface area contributed by atoms with Crippen LogP contribution in [0.3, 0.4) is 0 Å². The Morgan fingerprint density at radius 2 is 0.302 bits per heavy atom. The van der Waals surface area contributed by atoms with E-state index in [1.54, 1.807) is 0 Å². The van der Waals surface area contributed by atoms with Crippen molar-refractivity contribution in [3.05, 3.63) is 455 Å². The summed E-state index contributed by atoms with van der Waals surface area (Å²) in [5, 5.41) is 14.4. The molecule has 7 heterocycles. The van der Waals surface area contributed by atoms with Gasteiger partial charge in [-0.3, -0.25) is 0 Å². The van der Waals surface area contributed by atoms with Crippen molar-refractivity contribution in [3.63, 3.8) is 0 Å². The molecule has 0 fully saturated rings. The summed E-state index contributed by atoms with van der Waals surface area (Å²) in [5.74, 6) is 0. The van der Waals surface area contributed by atoms with Gasteiger partial charge in [0, 0.05) is 110 Å². The van der Waals surface area contributed by atoms with E-state index in [-0.39, 0.29) is 0 Å². The number of para-hydroxylation sites is 8. The number of benzene rings is 19. The number of rotatable bonds is 13. The highest BCUT2D eigenvalue weighted by atomic mass is 15.0. The Labute approximate surface area is 725 Å². The zero-order chi connectivity index (χ0) is 82.6. The van der Waals surface area contributed by atoms with Gasteiger partial charge in [-0.25, -0.2) is 4.98 Å². The zero-order valence-corrected chi connectivity index (χ0v) is 68.4. The molecule has 0 aliphatic carbocycles. The molecule has 0 radical (unpaired) electrons. The molecule has 0 bridgehead atoms. The summed E-state index contributed by atoms with van der Waals surface area (Å²) in [6.45, 7) is 0. The Kier molecular flexibility index (Phi) is 16.0. The first-order chi connectivity index (χ1) is 62.5. The molecule has 0 N–H and O–H groups in total. The quantitative estimate of drug-likeness (QED) is 0.113. The SMILES string of the molecule is c1ccc(-c2cc(-c3cccc(-n4c5ccc(-c6ccc7c(c6)c6ccccc6n7-c6ccccc6)cc5c5cc(-c6ccc7c(c6)c6ccccc6n7-c6ccccc6)ccc54)c3)nc(-c3cccc(-n4c5ccc(-c6ccc7c(c6)c6ccccc6n7-c6ccccc6)cc5c5cc(-c6ccc7c(c6)c6ccccc6n7-c6ccccc6)ccc54)c3)c2)cc1. The Balaban J connectivity index is 0.620. The van der Waals surface area contributed by atoms with Gasteiger partial charge in [-0.1, -0.05) is 249 Å². The molecular formula is C119H75N7.